The minimum atomic E-state index is -0.959. The maximum atomic E-state index is 14.1. The molecule has 7 heteroatoms. The van der Waals surface area contributed by atoms with E-state index in [1.807, 2.05) is 0 Å². The zero-order valence-corrected chi connectivity index (χ0v) is 12.0. The summed E-state index contributed by atoms with van der Waals surface area (Å²) in [6, 6.07) is 4.35. The number of esters is 1. The van der Waals surface area contributed by atoms with E-state index in [1.165, 1.54) is 12.1 Å². The zero-order valence-electron chi connectivity index (χ0n) is 11.2. The number of hydrogen-bond donors (Lipinski definition) is 1. The molecule has 0 atom stereocenters. The van der Waals surface area contributed by atoms with Gasteiger partial charge < -0.3 is 10.1 Å². The summed E-state index contributed by atoms with van der Waals surface area (Å²) in [5.74, 6) is -2.36. The monoisotopic (exact) mass is 312 g/mol. The van der Waals surface area contributed by atoms with E-state index >= 15 is 0 Å². The van der Waals surface area contributed by atoms with Gasteiger partial charge in [0.05, 0.1) is 18.5 Å². The van der Waals surface area contributed by atoms with Gasteiger partial charge in [0, 0.05) is 6.20 Å². The molecule has 4 nitrogen and oxygen atoms in total. The van der Waals surface area contributed by atoms with Gasteiger partial charge in [0.25, 0.3) is 0 Å². The molecule has 0 aliphatic rings. The molecule has 2 rings (SSSR count). The Hall–Kier alpha value is -2.21. The number of nitrogens with zero attached hydrogens (tertiary/aromatic N) is 1. The van der Waals surface area contributed by atoms with E-state index in [0.717, 1.165) is 13.3 Å². The molecule has 110 valence electrons. The van der Waals surface area contributed by atoms with Crippen LogP contribution in [0.3, 0.4) is 0 Å². The molecular weight excluding hydrogens is 302 g/mol. The van der Waals surface area contributed by atoms with Crippen LogP contribution in [0.1, 0.15) is 15.9 Å². The first-order chi connectivity index (χ1) is 9.93. The standard InChI is InChI=1S/C14H11ClF2N2O2/c1-7-3-4-10(9(16)5-7)19-12-8(14(20)21-2)6-18-13(15)11(12)17/h3-6H,1-2H3,(H,18,19). The minimum Gasteiger partial charge on any atom is -0.465 e. The van der Waals surface area contributed by atoms with Crippen LogP contribution in [0.15, 0.2) is 24.4 Å². The second-order valence-electron chi connectivity index (χ2n) is 4.25. The lowest BCUT2D eigenvalue weighted by Crippen LogP contribution is -2.09. The second-order valence-corrected chi connectivity index (χ2v) is 4.61. The summed E-state index contributed by atoms with van der Waals surface area (Å²) >= 11 is 5.59. The number of methoxy groups -OCH3 is 1. The summed E-state index contributed by atoms with van der Waals surface area (Å²) in [5.41, 5.74) is 0.246. The van der Waals surface area contributed by atoms with Crippen LogP contribution in [-0.2, 0) is 4.74 Å². The molecule has 0 fully saturated rings. The molecule has 0 amide bonds. The van der Waals surface area contributed by atoms with Crippen molar-refractivity contribution < 1.29 is 18.3 Å². The highest BCUT2D eigenvalue weighted by Gasteiger charge is 2.20. The molecule has 2 aromatic rings. The van der Waals surface area contributed by atoms with E-state index in [1.54, 1.807) is 13.0 Å². The van der Waals surface area contributed by atoms with Crippen LogP contribution in [0.5, 0.6) is 0 Å². The van der Waals surface area contributed by atoms with Crippen molar-refractivity contribution in [2.75, 3.05) is 12.4 Å². The van der Waals surface area contributed by atoms with Crippen LogP contribution in [0.2, 0.25) is 5.15 Å². The molecule has 0 radical (unpaired) electrons. The van der Waals surface area contributed by atoms with E-state index in [2.05, 4.69) is 15.0 Å². The summed E-state index contributed by atoms with van der Waals surface area (Å²) in [6.07, 6.45) is 1.06. The quantitative estimate of drug-likeness (QED) is 0.691. The van der Waals surface area contributed by atoms with Crippen molar-refractivity contribution in [3.05, 3.63) is 52.3 Å². The normalized spacial score (nSPS) is 10.3. The van der Waals surface area contributed by atoms with E-state index in [4.69, 9.17) is 11.6 Å². The van der Waals surface area contributed by atoms with Gasteiger partial charge in [-0.25, -0.2) is 18.6 Å². The second kappa shape index (κ2) is 6.05. The number of carbonyl (C=O) groups is 1. The summed E-state index contributed by atoms with van der Waals surface area (Å²) in [4.78, 5) is 15.2. The molecule has 0 spiro atoms. The van der Waals surface area contributed by atoms with Gasteiger partial charge in [-0.3, -0.25) is 0 Å². The van der Waals surface area contributed by atoms with Crippen LogP contribution in [0.25, 0.3) is 0 Å². The molecule has 0 aliphatic carbocycles. The highest BCUT2D eigenvalue weighted by molar-refractivity contribution is 6.30. The van der Waals surface area contributed by atoms with E-state index in [-0.39, 0.29) is 16.9 Å². The van der Waals surface area contributed by atoms with Gasteiger partial charge in [0.1, 0.15) is 11.4 Å². The van der Waals surface area contributed by atoms with Crippen molar-refractivity contribution in [2.45, 2.75) is 6.92 Å². The number of aromatic nitrogens is 1. The number of hydrogen-bond acceptors (Lipinski definition) is 4. The molecule has 0 unspecified atom stereocenters. The van der Waals surface area contributed by atoms with Crippen LogP contribution in [0.4, 0.5) is 20.2 Å². The first-order valence-electron chi connectivity index (χ1n) is 5.89. The van der Waals surface area contributed by atoms with Crippen molar-refractivity contribution in [3.8, 4) is 0 Å². The Morgan fingerprint density at radius 2 is 2.10 bits per heavy atom. The van der Waals surface area contributed by atoms with Gasteiger partial charge in [-0.05, 0) is 24.6 Å². The summed E-state index contributed by atoms with van der Waals surface area (Å²) < 4.78 is 32.4. The molecule has 1 aromatic carbocycles. The number of rotatable bonds is 3. The van der Waals surface area contributed by atoms with Crippen molar-refractivity contribution in [2.24, 2.45) is 0 Å². The smallest absolute Gasteiger partial charge is 0.341 e. The number of ether oxygens (including phenoxy) is 1. The Morgan fingerprint density at radius 3 is 2.71 bits per heavy atom. The lowest BCUT2D eigenvalue weighted by molar-refractivity contribution is 0.0601. The Kier molecular flexibility index (Phi) is 4.37. The molecule has 1 N–H and O–H groups in total. The molecule has 0 aliphatic heterocycles. The van der Waals surface area contributed by atoms with Crippen molar-refractivity contribution in [1.82, 2.24) is 4.98 Å². The maximum absolute atomic E-state index is 14.1. The minimum absolute atomic E-state index is 0.00641. The number of carbonyl (C=O) groups excluding carboxylic acids is 1. The van der Waals surface area contributed by atoms with Gasteiger partial charge in [0.15, 0.2) is 11.0 Å². The molecule has 1 heterocycles. The molecule has 1 aromatic heterocycles. The van der Waals surface area contributed by atoms with Crippen LogP contribution >= 0.6 is 11.6 Å². The zero-order chi connectivity index (χ0) is 15.6. The highest BCUT2D eigenvalue weighted by atomic mass is 35.5. The average Bonchev–Trinajstić information content (AvgIpc) is 2.45. The SMILES string of the molecule is COC(=O)c1cnc(Cl)c(F)c1Nc1ccc(C)cc1F. The van der Waals surface area contributed by atoms with Crippen molar-refractivity contribution >= 4 is 28.9 Å². The number of nitrogens with one attached hydrogen (secondary N) is 1. The fourth-order valence-corrected chi connectivity index (χ4v) is 1.85. The lowest BCUT2D eigenvalue weighted by atomic mass is 10.2. The summed E-state index contributed by atoms with van der Waals surface area (Å²) in [5, 5.41) is 2.08. The Bertz CT molecular complexity index is 708. The van der Waals surface area contributed by atoms with Gasteiger partial charge in [-0.2, -0.15) is 0 Å². The number of aryl methyl sites for hydroxylation is 1. The third kappa shape index (κ3) is 3.11. The lowest BCUT2D eigenvalue weighted by Gasteiger charge is -2.13. The fraction of sp³-hybridized carbons (Fsp3) is 0.143. The van der Waals surface area contributed by atoms with Gasteiger partial charge in [-0.1, -0.05) is 17.7 Å². The van der Waals surface area contributed by atoms with E-state index in [9.17, 15) is 13.6 Å². The topological polar surface area (TPSA) is 51.2 Å². The number of benzene rings is 1. The molecule has 0 saturated heterocycles. The number of halogens is 3. The first-order valence-corrected chi connectivity index (χ1v) is 6.27. The van der Waals surface area contributed by atoms with Gasteiger partial charge in [0.2, 0.25) is 0 Å². The predicted molar refractivity (Wildman–Crippen MR) is 75.0 cm³/mol. The maximum Gasteiger partial charge on any atom is 0.341 e. The number of pyridine rings is 1. The Morgan fingerprint density at radius 1 is 1.38 bits per heavy atom. The summed E-state index contributed by atoms with van der Waals surface area (Å²) in [7, 11) is 1.14. The average molecular weight is 313 g/mol. The Balaban J connectivity index is 2.51. The van der Waals surface area contributed by atoms with Crippen molar-refractivity contribution in [1.29, 1.82) is 0 Å². The van der Waals surface area contributed by atoms with Gasteiger partial charge >= 0.3 is 5.97 Å². The molecule has 0 bridgehead atoms. The predicted octanol–water partition coefficient (Wildman–Crippen LogP) is 3.85. The largest absolute Gasteiger partial charge is 0.465 e. The molecule has 21 heavy (non-hydrogen) atoms. The molecule has 0 saturated carbocycles. The first kappa shape index (κ1) is 15.2. The Labute approximate surface area is 124 Å². The molecular formula is C14H11ClF2N2O2. The van der Waals surface area contributed by atoms with Gasteiger partial charge in [-0.15, -0.1) is 0 Å². The summed E-state index contributed by atoms with van der Waals surface area (Å²) in [6.45, 7) is 1.72. The van der Waals surface area contributed by atoms with Crippen molar-refractivity contribution in [3.63, 3.8) is 0 Å². The highest BCUT2D eigenvalue weighted by Crippen LogP contribution is 2.29. The van der Waals surface area contributed by atoms with Crippen LogP contribution < -0.4 is 5.32 Å². The van der Waals surface area contributed by atoms with Crippen LogP contribution in [0, 0.1) is 18.6 Å². The third-order valence-corrected chi connectivity index (χ3v) is 3.03. The van der Waals surface area contributed by atoms with E-state index in [0.29, 0.717) is 5.56 Å². The van der Waals surface area contributed by atoms with Crippen LogP contribution in [-0.4, -0.2) is 18.1 Å². The number of anilines is 2. The van der Waals surface area contributed by atoms with E-state index < -0.39 is 22.8 Å². The fourth-order valence-electron chi connectivity index (χ4n) is 1.71. The third-order valence-electron chi connectivity index (χ3n) is 2.77.